The Labute approximate surface area is 166 Å². The van der Waals surface area contributed by atoms with Crippen LogP contribution in [0.1, 0.15) is 13.8 Å². The van der Waals surface area contributed by atoms with Gasteiger partial charge in [0.05, 0.1) is 34.6 Å². The van der Waals surface area contributed by atoms with Crippen molar-refractivity contribution in [3.8, 4) is 11.4 Å². The maximum absolute atomic E-state index is 13.0. The summed E-state index contributed by atoms with van der Waals surface area (Å²) in [6, 6.07) is 9.56. The average Bonchev–Trinajstić information content (AvgIpc) is 3.10. The Balaban J connectivity index is 1.68. The molecule has 1 aliphatic rings. The SMILES string of the molecule is C[C@@H]1CN(c2cccc3c(N)c(-c4nc5ncccc5[nH]4)c(=O)[nH]c23)C[C@H](C)O1. The number of para-hydroxylation sites is 1. The lowest BCUT2D eigenvalue weighted by molar-refractivity contribution is -0.00514. The van der Waals surface area contributed by atoms with E-state index in [9.17, 15) is 4.79 Å². The van der Waals surface area contributed by atoms with Crippen LogP contribution in [-0.2, 0) is 4.74 Å². The molecule has 0 saturated carbocycles. The lowest BCUT2D eigenvalue weighted by Crippen LogP contribution is -2.45. The molecule has 3 aromatic heterocycles. The van der Waals surface area contributed by atoms with Gasteiger partial charge in [-0.1, -0.05) is 12.1 Å². The van der Waals surface area contributed by atoms with E-state index in [1.54, 1.807) is 6.20 Å². The summed E-state index contributed by atoms with van der Waals surface area (Å²) in [5.74, 6) is 0.415. The number of nitrogen functional groups attached to an aromatic ring is 1. The lowest BCUT2D eigenvalue weighted by Gasteiger charge is -2.37. The highest BCUT2D eigenvalue weighted by atomic mass is 16.5. The Kier molecular flexibility index (Phi) is 4.02. The highest BCUT2D eigenvalue weighted by Gasteiger charge is 2.25. The van der Waals surface area contributed by atoms with E-state index in [1.807, 2.05) is 30.3 Å². The summed E-state index contributed by atoms with van der Waals surface area (Å²) in [5, 5.41) is 0.789. The summed E-state index contributed by atoms with van der Waals surface area (Å²) in [4.78, 5) is 30.1. The largest absolute Gasteiger partial charge is 0.397 e. The summed E-state index contributed by atoms with van der Waals surface area (Å²) >= 11 is 0. The molecule has 148 valence electrons. The van der Waals surface area contributed by atoms with Gasteiger partial charge in [-0.25, -0.2) is 9.97 Å². The molecular weight excluding hydrogens is 368 g/mol. The number of fused-ring (bicyclic) bond motifs is 2. The highest BCUT2D eigenvalue weighted by molar-refractivity contribution is 6.03. The second-order valence-corrected chi connectivity index (χ2v) is 7.56. The number of benzene rings is 1. The minimum absolute atomic E-state index is 0.111. The minimum atomic E-state index is -0.282. The van der Waals surface area contributed by atoms with Gasteiger partial charge in [0.2, 0.25) is 0 Å². The van der Waals surface area contributed by atoms with Crippen molar-refractivity contribution in [3.05, 3.63) is 46.9 Å². The van der Waals surface area contributed by atoms with Crippen molar-refractivity contribution >= 4 is 33.4 Å². The number of rotatable bonds is 2. The summed E-state index contributed by atoms with van der Waals surface area (Å²) < 4.78 is 5.85. The van der Waals surface area contributed by atoms with Crippen molar-refractivity contribution in [2.75, 3.05) is 23.7 Å². The van der Waals surface area contributed by atoms with Crippen LogP contribution >= 0.6 is 0 Å². The normalized spacial score (nSPS) is 19.9. The van der Waals surface area contributed by atoms with E-state index in [0.717, 1.165) is 35.2 Å². The molecular formula is C21H22N6O2. The number of imidazole rings is 1. The first-order chi connectivity index (χ1) is 14.0. The number of ether oxygens (including phenoxy) is 1. The van der Waals surface area contributed by atoms with Crippen LogP contribution in [0.5, 0.6) is 0 Å². The first kappa shape index (κ1) is 17.7. The van der Waals surface area contributed by atoms with Crippen molar-refractivity contribution < 1.29 is 4.74 Å². The first-order valence-electron chi connectivity index (χ1n) is 9.67. The quantitative estimate of drug-likeness (QED) is 0.485. The fourth-order valence-electron chi connectivity index (χ4n) is 4.17. The number of anilines is 2. The Morgan fingerprint density at radius 2 is 1.93 bits per heavy atom. The van der Waals surface area contributed by atoms with Crippen molar-refractivity contribution in [1.29, 1.82) is 0 Å². The van der Waals surface area contributed by atoms with Crippen LogP contribution in [-0.4, -0.2) is 45.2 Å². The molecule has 4 N–H and O–H groups in total. The molecule has 1 aliphatic heterocycles. The van der Waals surface area contributed by atoms with Crippen LogP contribution in [0.15, 0.2) is 41.3 Å². The molecule has 8 heteroatoms. The molecule has 0 bridgehead atoms. The molecule has 4 aromatic rings. The molecule has 2 atom stereocenters. The minimum Gasteiger partial charge on any atom is -0.397 e. The predicted octanol–water partition coefficient (Wildman–Crippen LogP) is 2.66. The standard InChI is InChI=1S/C21H22N6O2/c1-11-9-27(10-12(2)29-11)15-7-3-5-13-17(22)16(21(28)25-18(13)15)20-24-14-6-4-8-23-19(14)26-20/h3-8,11-12H,9-10H2,1-2H3,(H3,22,25,28)(H,23,24,26)/t11-,12+. The fourth-order valence-corrected chi connectivity index (χ4v) is 4.17. The Bertz CT molecular complexity index is 1230. The molecule has 1 saturated heterocycles. The third kappa shape index (κ3) is 2.92. The van der Waals surface area contributed by atoms with Gasteiger partial charge in [0.25, 0.3) is 5.56 Å². The van der Waals surface area contributed by atoms with Crippen molar-refractivity contribution in [3.63, 3.8) is 0 Å². The molecule has 1 fully saturated rings. The molecule has 5 rings (SSSR count). The van der Waals surface area contributed by atoms with E-state index in [4.69, 9.17) is 10.5 Å². The predicted molar refractivity (Wildman–Crippen MR) is 114 cm³/mol. The molecule has 29 heavy (non-hydrogen) atoms. The number of hydrogen-bond donors (Lipinski definition) is 3. The Morgan fingerprint density at radius 3 is 2.69 bits per heavy atom. The molecule has 1 aromatic carbocycles. The van der Waals surface area contributed by atoms with Crippen LogP contribution in [0.3, 0.4) is 0 Å². The van der Waals surface area contributed by atoms with E-state index in [1.165, 1.54) is 0 Å². The number of nitrogens with two attached hydrogens (primary N) is 1. The molecule has 8 nitrogen and oxygen atoms in total. The Morgan fingerprint density at radius 1 is 1.14 bits per heavy atom. The third-order valence-corrected chi connectivity index (χ3v) is 5.32. The van der Waals surface area contributed by atoms with E-state index in [2.05, 4.69) is 38.7 Å². The number of hydrogen-bond acceptors (Lipinski definition) is 6. The highest BCUT2D eigenvalue weighted by Crippen LogP contribution is 2.33. The van der Waals surface area contributed by atoms with Crippen LogP contribution in [0.25, 0.3) is 33.5 Å². The van der Waals surface area contributed by atoms with Crippen molar-refractivity contribution in [2.24, 2.45) is 0 Å². The van der Waals surface area contributed by atoms with Crippen LogP contribution < -0.4 is 16.2 Å². The zero-order valence-electron chi connectivity index (χ0n) is 16.3. The second-order valence-electron chi connectivity index (χ2n) is 7.56. The Hall–Kier alpha value is -3.39. The molecule has 0 amide bonds. The molecule has 0 spiro atoms. The van der Waals surface area contributed by atoms with Crippen molar-refractivity contribution in [1.82, 2.24) is 19.9 Å². The van der Waals surface area contributed by atoms with Gasteiger partial charge in [0.1, 0.15) is 11.4 Å². The second kappa shape index (κ2) is 6.59. The number of aromatic amines is 2. The maximum atomic E-state index is 13.0. The van der Waals surface area contributed by atoms with Crippen LogP contribution in [0, 0.1) is 0 Å². The summed E-state index contributed by atoms with van der Waals surface area (Å²) in [7, 11) is 0. The van der Waals surface area contributed by atoms with E-state index >= 15 is 0 Å². The van der Waals surface area contributed by atoms with E-state index < -0.39 is 0 Å². The van der Waals surface area contributed by atoms with Gasteiger partial charge >= 0.3 is 0 Å². The third-order valence-electron chi connectivity index (χ3n) is 5.32. The lowest BCUT2D eigenvalue weighted by atomic mass is 10.1. The molecule has 0 aliphatic carbocycles. The first-order valence-corrected chi connectivity index (χ1v) is 9.67. The molecule has 4 heterocycles. The zero-order valence-corrected chi connectivity index (χ0v) is 16.3. The van der Waals surface area contributed by atoms with Gasteiger partial charge in [0.15, 0.2) is 5.65 Å². The number of morpholine rings is 1. The van der Waals surface area contributed by atoms with Crippen molar-refractivity contribution in [2.45, 2.75) is 26.1 Å². The van der Waals surface area contributed by atoms with Gasteiger partial charge in [-0.2, -0.15) is 0 Å². The van der Waals surface area contributed by atoms with Crippen LogP contribution in [0.4, 0.5) is 11.4 Å². The smallest absolute Gasteiger partial charge is 0.261 e. The monoisotopic (exact) mass is 390 g/mol. The van der Waals surface area contributed by atoms with Gasteiger partial charge in [-0.3, -0.25) is 4.79 Å². The molecule has 0 radical (unpaired) electrons. The summed E-state index contributed by atoms with van der Waals surface area (Å²) in [5.41, 5.74) is 9.92. The van der Waals surface area contributed by atoms with Gasteiger partial charge in [-0.15, -0.1) is 0 Å². The van der Waals surface area contributed by atoms with Gasteiger partial charge in [0, 0.05) is 24.7 Å². The topological polar surface area (TPSA) is 113 Å². The number of nitrogens with one attached hydrogen (secondary N) is 2. The number of H-pyrrole nitrogens is 2. The van der Waals surface area contributed by atoms with Gasteiger partial charge < -0.3 is 25.3 Å². The van der Waals surface area contributed by atoms with Crippen LogP contribution in [0.2, 0.25) is 0 Å². The summed E-state index contributed by atoms with van der Waals surface area (Å²) in [6.07, 6.45) is 1.89. The number of aromatic nitrogens is 4. The van der Waals surface area contributed by atoms with E-state index in [-0.39, 0.29) is 17.8 Å². The average molecular weight is 390 g/mol. The maximum Gasteiger partial charge on any atom is 0.261 e. The van der Waals surface area contributed by atoms with Gasteiger partial charge in [-0.05, 0) is 32.0 Å². The number of nitrogens with zero attached hydrogens (tertiary/aromatic N) is 3. The fraction of sp³-hybridized carbons (Fsp3) is 0.286. The zero-order chi connectivity index (χ0) is 20.1. The number of pyridine rings is 2. The molecule has 0 unspecified atom stereocenters. The van der Waals surface area contributed by atoms with E-state index in [0.29, 0.717) is 22.7 Å². The summed E-state index contributed by atoms with van der Waals surface area (Å²) in [6.45, 7) is 5.61.